The van der Waals surface area contributed by atoms with Gasteiger partial charge in [0.05, 0.1) is 13.7 Å². The SMILES string of the molecule is COc1ccc(C(=O)NCC2(CO)CC2)cc1F. The molecule has 1 aromatic rings. The molecular formula is C13H16FNO3. The maximum Gasteiger partial charge on any atom is 0.251 e. The summed E-state index contributed by atoms with van der Waals surface area (Å²) in [6.07, 6.45) is 1.83. The van der Waals surface area contributed by atoms with E-state index in [4.69, 9.17) is 9.84 Å². The highest BCUT2D eigenvalue weighted by Crippen LogP contribution is 2.44. The van der Waals surface area contributed by atoms with Crippen molar-refractivity contribution in [2.24, 2.45) is 5.41 Å². The second-order valence-electron chi connectivity index (χ2n) is 4.69. The highest BCUT2D eigenvalue weighted by molar-refractivity contribution is 5.94. The van der Waals surface area contributed by atoms with Gasteiger partial charge in [-0.25, -0.2) is 4.39 Å². The first-order chi connectivity index (χ1) is 8.60. The fourth-order valence-corrected chi connectivity index (χ4v) is 1.75. The molecule has 0 unspecified atom stereocenters. The van der Waals surface area contributed by atoms with Crippen LogP contribution in [-0.2, 0) is 0 Å². The molecule has 4 nitrogen and oxygen atoms in total. The summed E-state index contributed by atoms with van der Waals surface area (Å²) < 4.78 is 18.2. The normalized spacial score (nSPS) is 16.2. The summed E-state index contributed by atoms with van der Waals surface area (Å²) in [6, 6.07) is 4.08. The predicted octanol–water partition coefficient (Wildman–Crippen LogP) is 1.34. The molecule has 0 saturated heterocycles. The molecule has 98 valence electrons. The van der Waals surface area contributed by atoms with Crippen molar-refractivity contribution in [1.82, 2.24) is 5.32 Å². The molecule has 5 heteroatoms. The molecule has 2 N–H and O–H groups in total. The van der Waals surface area contributed by atoms with Crippen LogP contribution in [-0.4, -0.2) is 31.3 Å². The van der Waals surface area contributed by atoms with E-state index in [9.17, 15) is 9.18 Å². The lowest BCUT2D eigenvalue weighted by molar-refractivity contribution is 0.0934. The van der Waals surface area contributed by atoms with Gasteiger partial charge in [-0.15, -0.1) is 0 Å². The Morgan fingerprint density at radius 3 is 2.78 bits per heavy atom. The van der Waals surface area contributed by atoms with Gasteiger partial charge in [-0.3, -0.25) is 4.79 Å². The highest BCUT2D eigenvalue weighted by atomic mass is 19.1. The van der Waals surface area contributed by atoms with Crippen molar-refractivity contribution in [2.45, 2.75) is 12.8 Å². The van der Waals surface area contributed by atoms with Crippen molar-refractivity contribution >= 4 is 5.91 Å². The van der Waals surface area contributed by atoms with Crippen molar-refractivity contribution in [1.29, 1.82) is 0 Å². The molecule has 0 atom stereocenters. The van der Waals surface area contributed by atoms with E-state index in [0.717, 1.165) is 18.9 Å². The molecule has 1 fully saturated rings. The van der Waals surface area contributed by atoms with Crippen molar-refractivity contribution in [3.05, 3.63) is 29.6 Å². The first-order valence-corrected chi connectivity index (χ1v) is 5.83. The number of aliphatic hydroxyl groups is 1. The number of halogens is 1. The minimum Gasteiger partial charge on any atom is -0.494 e. The Bertz CT molecular complexity index is 458. The van der Waals surface area contributed by atoms with E-state index in [2.05, 4.69) is 5.32 Å². The number of hydrogen-bond acceptors (Lipinski definition) is 3. The minimum absolute atomic E-state index is 0.0737. The lowest BCUT2D eigenvalue weighted by atomic mass is 10.1. The molecule has 1 aliphatic carbocycles. The van der Waals surface area contributed by atoms with Crippen LogP contribution in [0.2, 0.25) is 0 Å². The van der Waals surface area contributed by atoms with Gasteiger partial charge >= 0.3 is 0 Å². The third kappa shape index (κ3) is 2.61. The van der Waals surface area contributed by atoms with Gasteiger partial charge in [-0.05, 0) is 31.0 Å². The molecular weight excluding hydrogens is 237 g/mol. The molecule has 0 heterocycles. The maximum atomic E-state index is 13.4. The number of aliphatic hydroxyl groups excluding tert-OH is 1. The van der Waals surface area contributed by atoms with Gasteiger partial charge in [-0.2, -0.15) is 0 Å². The molecule has 0 radical (unpaired) electrons. The monoisotopic (exact) mass is 253 g/mol. The summed E-state index contributed by atoms with van der Waals surface area (Å²) in [5, 5.41) is 11.8. The second kappa shape index (κ2) is 4.94. The van der Waals surface area contributed by atoms with E-state index < -0.39 is 5.82 Å². The van der Waals surface area contributed by atoms with Gasteiger partial charge in [0.1, 0.15) is 0 Å². The molecule has 0 bridgehead atoms. The molecule has 1 amide bonds. The summed E-state index contributed by atoms with van der Waals surface area (Å²) in [5.41, 5.74) is 0.0998. The minimum atomic E-state index is -0.562. The molecule has 0 spiro atoms. The Kier molecular flexibility index (Phi) is 3.52. The van der Waals surface area contributed by atoms with Crippen LogP contribution in [0.1, 0.15) is 23.2 Å². The summed E-state index contributed by atoms with van der Waals surface area (Å²) in [4.78, 5) is 11.8. The van der Waals surface area contributed by atoms with Crippen LogP contribution < -0.4 is 10.1 Å². The van der Waals surface area contributed by atoms with Crippen LogP contribution in [0.5, 0.6) is 5.75 Å². The number of methoxy groups -OCH3 is 1. The molecule has 18 heavy (non-hydrogen) atoms. The third-order valence-corrected chi connectivity index (χ3v) is 3.33. The van der Waals surface area contributed by atoms with Gasteiger partial charge in [0, 0.05) is 17.5 Å². The van der Waals surface area contributed by atoms with E-state index in [0.29, 0.717) is 6.54 Å². The maximum absolute atomic E-state index is 13.4. The number of carbonyl (C=O) groups is 1. The van der Waals surface area contributed by atoms with Crippen molar-refractivity contribution in [3.8, 4) is 5.75 Å². The van der Waals surface area contributed by atoms with Crippen molar-refractivity contribution < 1.29 is 19.0 Å². The fourth-order valence-electron chi connectivity index (χ4n) is 1.75. The Morgan fingerprint density at radius 2 is 2.28 bits per heavy atom. The standard InChI is InChI=1S/C13H16FNO3/c1-18-11-3-2-9(6-10(11)14)12(17)15-7-13(8-16)4-5-13/h2-3,6,16H,4-5,7-8H2,1H3,(H,15,17). The van der Waals surface area contributed by atoms with Crippen LogP contribution in [0, 0.1) is 11.2 Å². The van der Waals surface area contributed by atoms with E-state index in [1.54, 1.807) is 0 Å². The molecule has 1 aromatic carbocycles. The quantitative estimate of drug-likeness (QED) is 0.832. The van der Waals surface area contributed by atoms with Gasteiger partial charge in [0.15, 0.2) is 11.6 Å². The van der Waals surface area contributed by atoms with Crippen LogP contribution in [0.15, 0.2) is 18.2 Å². The number of rotatable bonds is 5. The molecule has 0 aromatic heterocycles. The predicted molar refractivity (Wildman–Crippen MR) is 64.0 cm³/mol. The average molecular weight is 253 g/mol. The molecule has 2 rings (SSSR count). The Morgan fingerprint density at radius 1 is 1.56 bits per heavy atom. The molecule has 1 saturated carbocycles. The number of nitrogens with one attached hydrogen (secondary N) is 1. The van der Waals surface area contributed by atoms with Gasteiger partial charge in [0.25, 0.3) is 5.91 Å². The van der Waals surface area contributed by atoms with Crippen LogP contribution in [0.4, 0.5) is 4.39 Å². The summed E-state index contributed by atoms with van der Waals surface area (Å²) in [6.45, 7) is 0.500. The molecule has 0 aliphatic heterocycles. The first-order valence-electron chi connectivity index (χ1n) is 5.83. The topological polar surface area (TPSA) is 58.6 Å². The second-order valence-corrected chi connectivity index (χ2v) is 4.69. The smallest absolute Gasteiger partial charge is 0.251 e. The Labute approximate surface area is 105 Å². The first kappa shape index (κ1) is 12.8. The summed E-state index contributed by atoms with van der Waals surface area (Å²) >= 11 is 0. The number of amides is 1. The lowest BCUT2D eigenvalue weighted by Crippen LogP contribution is -2.31. The van der Waals surface area contributed by atoms with Crippen LogP contribution in [0.25, 0.3) is 0 Å². The fraction of sp³-hybridized carbons (Fsp3) is 0.462. The van der Waals surface area contributed by atoms with Gasteiger partial charge < -0.3 is 15.2 Å². The average Bonchev–Trinajstić information content (AvgIpc) is 3.16. The number of benzene rings is 1. The number of hydrogen-bond donors (Lipinski definition) is 2. The van der Waals surface area contributed by atoms with Crippen LogP contribution >= 0.6 is 0 Å². The zero-order valence-electron chi connectivity index (χ0n) is 10.2. The van der Waals surface area contributed by atoms with E-state index in [1.807, 2.05) is 0 Å². The Hall–Kier alpha value is -1.62. The summed E-state index contributed by atoms with van der Waals surface area (Å²) in [7, 11) is 1.37. The highest BCUT2D eigenvalue weighted by Gasteiger charge is 2.42. The Balaban J connectivity index is 1.98. The van der Waals surface area contributed by atoms with Crippen LogP contribution in [0.3, 0.4) is 0 Å². The van der Waals surface area contributed by atoms with Gasteiger partial charge in [-0.1, -0.05) is 0 Å². The largest absolute Gasteiger partial charge is 0.494 e. The van der Waals surface area contributed by atoms with Crippen molar-refractivity contribution in [2.75, 3.05) is 20.3 Å². The van der Waals surface area contributed by atoms with Crippen molar-refractivity contribution in [3.63, 3.8) is 0 Å². The molecule has 1 aliphatic rings. The van der Waals surface area contributed by atoms with E-state index in [-0.39, 0.29) is 29.2 Å². The zero-order valence-corrected chi connectivity index (χ0v) is 10.2. The van der Waals surface area contributed by atoms with Gasteiger partial charge in [0.2, 0.25) is 0 Å². The summed E-state index contributed by atoms with van der Waals surface area (Å²) in [5.74, 6) is -0.787. The number of ether oxygens (including phenoxy) is 1. The zero-order chi connectivity index (χ0) is 13.2. The van der Waals surface area contributed by atoms with E-state index >= 15 is 0 Å². The third-order valence-electron chi connectivity index (χ3n) is 3.33. The van der Waals surface area contributed by atoms with E-state index in [1.165, 1.54) is 19.2 Å². The number of carbonyl (C=O) groups excluding carboxylic acids is 1. The lowest BCUT2D eigenvalue weighted by Gasteiger charge is -2.13.